The molecule has 18 heavy (non-hydrogen) atoms. The Kier molecular flexibility index (Phi) is 2.40. The van der Waals surface area contributed by atoms with Crippen LogP contribution >= 0.6 is 0 Å². The van der Waals surface area contributed by atoms with E-state index >= 15 is 0 Å². The summed E-state index contributed by atoms with van der Waals surface area (Å²) in [5.74, 6) is 0.311. The van der Waals surface area contributed by atoms with Gasteiger partial charge in [-0.05, 0) is 36.5 Å². The Bertz CT molecular complexity index is 657. The van der Waals surface area contributed by atoms with Crippen molar-refractivity contribution >= 4 is 22.4 Å². The van der Waals surface area contributed by atoms with E-state index in [-0.39, 0.29) is 5.78 Å². The van der Waals surface area contributed by atoms with Crippen LogP contribution in [0.2, 0.25) is 0 Å². The number of hydrogen-bond acceptors (Lipinski definition) is 3. The van der Waals surface area contributed by atoms with Crippen LogP contribution in [0.4, 0.5) is 5.69 Å². The van der Waals surface area contributed by atoms with Gasteiger partial charge in [-0.3, -0.25) is 4.79 Å². The predicted octanol–water partition coefficient (Wildman–Crippen LogP) is 2.97. The molecule has 0 saturated heterocycles. The fourth-order valence-electron chi connectivity index (χ4n) is 2.08. The van der Waals surface area contributed by atoms with Crippen molar-refractivity contribution in [3.05, 3.63) is 48.2 Å². The van der Waals surface area contributed by atoms with Crippen molar-refractivity contribution in [1.29, 1.82) is 0 Å². The lowest BCUT2D eigenvalue weighted by Crippen LogP contribution is -2.07. The number of aromatic nitrogens is 1. The van der Waals surface area contributed by atoms with Gasteiger partial charge >= 0.3 is 0 Å². The number of benzene rings is 1. The first-order chi connectivity index (χ1) is 8.66. The number of para-hydroxylation sites is 1. The van der Waals surface area contributed by atoms with Crippen LogP contribution in [0, 0.1) is 5.92 Å². The van der Waals surface area contributed by atoms with Gasteiger partial charge in [0.25, 0.3) is 0 Å². The first kappa shape index (κ1) is 11.0. The van der Waals surface area contributed by atoms with Crippen LogP contribution in [0.5, 0.6) is 0 Å². The van der Waals surface area contributed by atoms with Crippen LogP contribution in [0.25, 0.3) is 10.9 Å². The average Bonchev–Trinajstić information content (AvgIpc) is 3.21. The zero-order chi connectivity index (χ0) is 12.7. The second-order valence-electron chi connectivity index (χ2n) is 4.74. The molecule has 1 heterocycles. The van der Waals surface area contributed by atoms with Gasteiger partial charge in [-0.2, -0.15) is 0 Å². The number of Topliss-reactive ketones (excluding diaryl/α,β-unsaturated/α-hetero) is 1. The highest BCUT2D eigenvalue weighted by molar-refractivity contribution is 6.09. The minimum absolute atomic E-state index is 0.0531. The zero-order valence-corrected chi connectivity index (χ0v) is 10.0. The summed E-state index contributed by atoms with van der Waals surface area (Å²) in [7, 11) is 0. The number of nitrogen functional groups attached to an aromatic ring is 1. The van der Waals surface area contributed by atoms with Crippen molar-refractivity contribution < 1.29 is 4.79 Å². The number of anilines is 1. The van der Waals surface area contributed by atoms with Crippen molar-refractivity contribution in [2.75, 3.05) is 5.73 Å². The topological polar surface area (TPSA) is 56.0 Å². The van der Waals surface area contributed by atoms with Crippen LogP contribution in [0.3, 0.4) is 0 Å². The molecule has 1 aromatic heterocycles. The van der Waals surface area contributed by atoms with Crippen LogP contribution < -0.4 is 5.73 Å². The van der Waals surface area contributed by atoms with Crippen molar-refractivity contribution in [3.63, 3.8) is 0 Å². The molecule has 1 aliphatic rings. The second-order valence-corrected chi connectivity index (χ2v) is 4.74. The van der Waals surface area contributed by atoms with Crippen molar-refractivity contribution in [2.45, 2.75) is 12.8 Å². The highest BCUT2D eigenvalue weighted by Crippen LogP contribution is 2.37. The van der Waals surface area contributed by atoms with Gasteiger partial charge < -0.3 is 5.73 Å². The Hall–Kier alpha value is -2.16. The summed E-state index contributed by atoms with van der Waals surface area (Å²) in [6.07, 6.45) is 2.14. The normalized spacial score (nSPS) is 14.7. The molecule has 0 atom stereocenters. The Balaban J connectivity index is 2.04. The maximum absolute atomic E-state index is 12.2. The van der Waals surface area contributed by atoms with Crippen LogP contribution in [-0.2, 0) is 0 Å². The summed E-state index contributed by atoms with van der Waals surface area (Å²) in [6.45, 7) is 3.87. The fourth-order valence-corrected chi connectivity index (χ4v) is 2.08. The standard InChI is InChI=1S/C15H14N2O/c1-9(10-5-6-10)15(18)13-8-7-11-3-2-4-12(16)14(11)17-13/h2-4,7-8,10H,1,5-6,16H2. The second kappa shape index (κ2) is 3.95. The maximum atomic E-state index is 12.2. The number of pyridine rings is 1. The first-order valence-corrected chi connectivity index (χ1v) is 6.05. The number of nitrogens with zero attached hydrogens (tertiary/aromatic N) is 1. The molecule has 1 saturated carbocycles. The largest absolute Gasteiger partial charge is 0.397 e. The van der Waals surface area contributed by atoms with Crippen LogP contribution in [0.15, 0.2) is 42.5 Å². The van der Waals surface area contributed by atoms with E-state index in [0.29, 0.717) is 28.4 Å². The Morgan fingerprint density at radius 2 is 2.06 bits per heavy atom. The van der Waals surface area contributed by atoms with Gasteiger partial charge in [0.2, 0.25) is 5.78 Å². The lowest BCUT2D eigenvalue weighted by Gasteiger charge is -2.05. The van der Waals surface area contributed by atoms with Gasteiger partial charge in [-0.25, -0.2) is 4.98 Å². The minimum atomic E-state index is -0.0531. The summed E-state index contributed by atoms with van der Waals surface area (Å²) in [5, 5.41) is 0.948. The van der Waals surface area contributed by atoms with Gasteiger partial charge in [0.1, 0.15) is 5.69 Å². The van der Waals surface area contributed by atoms with Gasteiger partial charge in [0, 0.05) is 5.39 Å². The summed E-state index contributed by atoms with van der Waals surface area (Å²) in [5.41, 5.74) is 8.28. The predicted molar refractivity (Wildman–Crippen MR) is 72.3 cm³/mol. The molecule has 3 nitrogen and oxygen atoms in total. The third-order valence-corrected chi connectivity index (χ3v) is 3.35. The van der Waals surface area contributed by atoms with Gasteiger partial charge in [-0.1, -0.05) is 24.8 Å². The molecule has 1 aromatic carbocycles. The molecule has 0 aliphatic heterocycles. The molecule has 0 radical (unpaired) electrons. The number of ketones is 1. The number of hydrogen-bond donors (Lipinski definition) is 1. The minimum Gasteiger partial charge on any atom is -0.397 e. The van der Waals surface area contributed by atoms with Gasteiger partial charge in [-0.15, -0.1) is 0 Å². The van der Waals surface area contributed by atoms with Crippen LogP contribution in [0.1, 0.15) is 23.3 Å². The summed E-state index contributed by atoms with van der Waals surface area (Å²) in [6, 6.07) is 9.23. The number of rotatable bonds is 3. The van der Waals surface area contributed by atoms with Crippen molar-refractivity contribution in [2.24, 2.45) is 5.92 Å². The molecule has 0 bridgehead atoms. The van der Waals surface area contributed by atoms with E-state index in [1.807, 2.05) is 18.2 Å². The van der Waals surface area contributed by atoms with E-state index in [4.69, 9.17) is 5.73 Å². The van der Waals surface area contributed by atoms with E-state index in [2.05, 4.69) is 11.6 Å². The molecule has 2 aromatic rings. The first-order valence-electron chi connectivity index (χ1n) is 6.05. The lowest BCUT2D eigenvalue weighted by molar-refractivity contribution is 0.102. The fraction of sp³-hybridized carbons (Fsp3) is 0.200. The van der Waals surface area contributed by atoms with E-state index in [1.165, 1.54) is 0 Å². The third kappa shape index (κ3) is 1.78. The summed E-state index contributed by atoms with van der Waals surface area (Å²) < 4.78 is 0. The maximum Gasteiger partial charge on any atom is 0.207 e. The molecule has 0 unspecified atom stereocenters. The molecular weight excluding hydrogens is 224 g/mol. The molecule has 1 aliphatic carbocycles. The number of fused-ring (bicyclic) bond motifs is 1. The highest BCUT2D eigenvalue weighted by Gasteiger charge is 2.29. The molecule has 0 amide bonds. The van der Waals surface area contributed by atoms with E-state index in [9.17, 15) is 4.79 Å². The monoisotopic (exact) mass is 238 g/mol. The van der Waals surface area contributed by atoms with Gasteiger partial charge in [0.15, 0.2) is 0 Å². The number of carbonyl (C=O) groups is 1. The highest BCUT2D eigenvalue weighted by atomic mass is 16.1. The number of carbonyl (C=O) groups excluding carboxylic acids is 1. The third-order valence-electron chi connectivity index (χ3n) is 3.35. The zero-order valence-electron chi connectivity index (χ0n) is 10.0. The summed E-state index contributed by atoms with van der Waals surface area (Å²) in [4.78, 5) is 16.5. The Morgan fingerprint density at radius 1 is 1.28 bits per heavy atom. The van der Waals surface area contributed by atoms with E-state index in [1.54, 1.807) is 12.1 Å². The van der Waals surface area contributed by atoms with E-state index in [0.717, 1.165) is 18.2 Å². The molecule has 3 heteroatoms. The molecular formula is C15H14N2O. The Labute approximate surface area is 105 Å². The van der Waals surface area contributed by atoms with E-state index < -0.39 is 0 Å². The van der Waals surface area contributed by atoms with Crippen LogP contribution in [-0.4, -0.2) is 10.8 Å². The summed E-state index contributed by atoms with van der Waals surface area (Å²) >= 11 is 0. The molecule has 1 fully saturated rings. The van der Waals surface area contributed by atoms with Crippen molar-refractivity contribution in [3.8, 4) is 0 Å². The lowest BCUT2D eigenvalue weighted by atomic mass is 10.0. The molecule has 0 spiro atoms. The van der Waals surface area contributed by atoms with Crippen molar-refractivity contribution in [1.82, 2.24) is 4.98 Å². The SMILES string of the molecule is C=C(C(=O)c1ccc2cccc(N)c2n1)C1CC1. The molecule has 90 valence electrons. The average molecular weight is 238 g/mol. The number of allylic oxidation sites excluding steroid dienone is 1. The number of nitrogens with two attached hydrogens (primary N) is 1. The molecule has 2 N–H and O–H groups in total. The smallest absolute Gasteiger partial charge is 0.207 e. The quantitative estimate of drug-likeness (QED) is 0.508. The molecule has 3 rings (SSSR count). The van der Waals surface area contributed by atoms with Gasteiger partial charge in [0.05, 0.1) is 11.2 Å². The Morgan fingerprint density at radius 3 is 2.78 bits per heavy atom.